The molecule has 0 radical (unpaired) electrons. The standard InChI is InChI=1S/C22H24FN3O2S/c1-13-19(15-8-10-16(23)11-9-15)20-21(29-13)24-14(2)26(22(20)28)12-18(27)25-17-6-4-3-5-7-17/h8-11,17H,3-7,12H2,1-2H3,(H,25,27). The lowest BCUT2D eigenvalue weighted by Gasteiger charge is -2.23. The lowest BCUT2D eigenvalue weighted by molar-refractivity contribution is -0.122. The van der Waals surface area contributed by atoms with Crippen LogP contribution in [0, 0.1) is 19.7 Å². The van der Waals surface area contributed by atoms with Crippen LogP contribution >= 0.6 is 11.3 Å². The van der Waals surface area contributed by atoms with E-state index in [1.807, 2.05) is 6.92 Å². The molecule has 3 aromatic rings. The molecule has 29 heavy (non-hydrogen) atoms. The predicted molar refractivity (Wildman–Crippen MR) is 114 cm³/mol. The van der Waals surface area contributed by atoms with Crippen LogP contribution in [0.3, 0.4) is 0 Å². The zero-order valence-electron chi connectivity index (χ0n) is 16.6. The predicted octanol–water partition coefficient (Wildman–Crippen LogP) is 4.33. The monoisotopic (exact) mass is 413 g/mol. The van der Waals surface area contributed by atoms with Gasteiger partial charge in [0.25, 0.3) is 5.56 Å². The second-order valence-electron chi connectivity index (χ2n) is 7.67. The van der Waals surface area contributed by atoms with Crippen molar-refractivity contribution in [3.05, 3.63) is 51.1 Å². The van der Waals surface area contributed by atoms with Crippen molar-refractivity contribution in [3.8, 4) is 11.1 Å². The van der Waals surface area contributed by atoms with Gasteiger partial charge >= 0.3 is 0 Å². The molecule has 7 heteroatoms. The molecule has 1 saturated carbocycles. The molecule has 0 spiro atoms. The van der Waals surface area contributed by atoms with E-state index in [0.717, 1.165) is 41.7 Å². The first-order valence-corrected chi connectivity index (χ1v) is 10.8. The Morgan fingerprint density at radius 3 is 2.59 bits per heavy atom. The number of carbonyl (C=O) groups is 1. The number of amides is 1. The van der Waals surface area contributed by atoms with Gasteiger partial charge in [0.05, 0.1) is 5.39 Å². The number of thiophene rings is 1. The highest BCUT2D eigenvalue weighted by Gasteiger charge is 2.21. The fraction of sp³-hybridized carbons (Fsp3) is 0.409. The number of benzene rings is 1. The van der Waals surface area contributed by atoms with Gasteiger partial charge in [0.1, 0.15) is 23.0 Å². The Morgan fingerprint density at radius 1 is 1.21 bits per heavy atom. The summed E-state index contributed by atoms with van der Waals surface area (Å²) in [5.41, 5.74) is 1.31. The van der Waals surface area contributed by atoms with E-state index in [9.17, 15) is 14.0 Å². The van der Waals surface area contributed by atoms with Crippen molar-refractivity contribution in [2.75, 3.05) is 0 Å². The fourth-order valence-corrected chi connectivity index (χ4v) is 5.19. The number of hydrogen-bond donors (Lipinski definition) is 1. The van der Waals surface area contributed by atoms with Crippen molar-refractivity contribution < 1.29 is 9.18 Å². The van der Waals surface area contributed by atoms with Crippen LogP contribution in [0.1, 0.15) is 42.8 Å². The molecule has 0 atom stereocenters. The third-order valence-corrected chi connectivity index (χ3v) is 6.58. The van der Waals surface area contributed by atoms with Gasteiger partial charge < -0.3 is 5.32 Å². The molecule has 1 aliphatic rings. The van der Waals surface area contributed by atoms with Crippen LogP contribution in [-0.2, 0) is 11.3 Å². The summed E-state index contributed by atoms with van der Waals surface area (Å²) in [7, 11) is 0. The Labute approximate surface area is 172 Å². The molecule has 4 rings (SSSR count). The van der Waals surface area contributed by atoms with E-state index in [1.165, 1.54) is 34.5 Å². The Bertz CT molecular complexity index is 1110. The lowest BCUT2D eigenvalue weighted by Crippen LogP contribution is -2.40. The second kappa shape index (κ2) is 8.06. The smallest absolute Gasteiger partial charge is 0.263 e. The molecule has 2 heterocycles. The van der Waals surface area contributed by atoms with E-state index < -0.39 is 0 Å². The molecule has 1 aromatic carbocycles. The molecular weight excluding hydrogens is 389 g/mol. The summed E-state index contributed by atoms with van der Waals surface area (Å²) in [4.78, 5) is 32.1. The molecule has 2 aromatic heterocycles. The third kappa shape index (κ3) is 3.96. The summed E-state index contributed by atoms with van der Waals surface area (Å²) >= 11 is 1.44. The quantitative estimate of drug-likeness (QED) is 0.692. The molecule has 0 aliphatic heterocycles. The topological polar surface area (TPSA) is 64.0 Å². The van der Waals surface area contributed by atoms with Gasteiger partial charge in [-0.1, -0.05) is 31.4 Å². The highest BCUT2D eigenvalue weighted by Crippen LogP contribution is 2.35. The van der Waals surface area contributed by atoms with E-state index >= 15 is 0 Å². The zero-order chi connectivity index (χ0) is 20.5. The zero-order valence-corrected chi connectivity index (χ0v) is 17.4. The van der Waals surface area contributed by atoms with Crippen molar-refractivity contribution in [1.29, 1.82) is 0 Å². The van der Waals surface area contributed by atoms with Crippen LogP contribution in [0.15, 0.2) is 29.1 Å². The molecule has 152 valence electrons. The minimum Gasteiger partial charge on any atom is -0.352 e. The number of fused-ring (bicyclic) bond motifs is 1. The molecular formula is C22H24FN3O2S. The first-order chi connectivity index (χ1) is 13.9. The van der Waals surface area contributed by atoms with Crippen LogP contribution in [-0.4, -0.2) is 21.5 Å². The number of nitrogens with one attached hydrogen (secondary N) is 1. The SMILES string of the molecule is Cc1sc2nc(C)n(CC(=O)NC3CCCCC3)c(=O)c2c1-c1ccc(F)cc1. The van der Waals surface area contributed by atoms with Crippen LogP contribution in [0.25, 0.3) is 21.3 Å². The summed E-state index contributed by atoms with van der Waals surface area (Å²) < 4.78 is 14.8. The maximum absolute atomic E-state index is 13.4. The van der Waals surface area contributed by atoms with Crippen molar-refractivity contribution in [2.45, 2.75) is 58.5 Å². The van der Waals surface area contributed by atoms with Gasteiger partial charge in [-0.15, -0.1) is 11.3 Å². The maximum atomic E-state index is 13.4. The summed E-state index contributed by atoms with van der Waals surface area (Å²) in [6.45, 7) is 3.64. The number of halogens is 1. The highest BCUT2D eigenvalue weighted by atomic mass is 32.1. The lowest BCUT2D eigenvalue weighted by atomic mass is 9.95. The first-order valence-electron chi connectivity index (χ1n) is 10.00. The van der Waals surface area contributed by atoms with E-state index in [1.54, 1.807) is 19.1 Å². The fourth-order valence-electron chi connectivity index (χ4n) is 4.11. The highest BCUT2D eigenvalue weighted by molar-refractivity contribution is 7.19. The Morgan fingerprint density at radius 2 is 1.90 bits per heavy atom. The van der Waals surface area contributed by atoms with Crippen LogP contribution in [0.4, 0.5) is 4.39 Å². The largest absolute Gasteiger partial charge is 0.352 e. The Kier molecular flexibility index (Phi) is 5.50. The minimum absolute atomic E-state index is 0.0398. The minimum atomic E-state index is -0.322. The molecule has 0 saturated heterocycles. The molecule has 0 bridgehead atoms. The van der Waals surface area contributed by atoms with Crippen molar-refractivity contribution in [1.82, 2.24) is 14.9 Å². The second-order valence-corrected chi connectivity index (χ2v) is 8.88. The molecule has 1 aliphatic carbocycles. The van der Waals surface area contributed by atoms with E-state index in [-0.39, 0.29) is 29.9 Å². The van der Waals surface area contributed by atoms with Gasteiger partial charge in [-0.2, -0.15) is 0 Å². The molecule has 1 amide bonds. The van der Waals surface area contributed by atoms with E-state index in [2.05, 4.69) is 10.3 Å². The van der Waals surface area contributed by atoms with E-state index in [4.69, 9.17) is 0 Å². The normalized spacial score (nSPS) is 15.0. The van der Waals surface area contributed by atoms with Gasteiger partial charge in [-0.3, -0.25) is 14.2 Å². The van der Waals surface area contributed by atoms with Crippen LogP contribution in [0.5, 0.6) is 0 Å². The first kappa shape index (κ1) is 19.8. The summed E-state index contributed by atoms with van der Waals surface area (Å²) in [5.74, 6) is 0.0448. The summed E-state index contributed by atoms with van der Waals surface area (Å²) in [5, 5.41) is 3.56. The van der Waals surface area contributed by atoms with Gasteiger partial charge in [0, 0.05) is 16.5 Å². The van der Waals surface area contributed by atoms with Gasteiger partial charge in [-0.25, -0.2) is 9.37 Å². The Balaban J connectivity index is 1.71. The summed E-state index contributed by atoms with van der Waals surface area (Å²) in [6, 6.07) is 6.31. The maximum Gasteiger partial charge on any atom is 0.263 e. The van der Waals surface area contributed by atoms with Crippen molar-refractivity contribution in [3.63, 3.8) is 0 Å². The number of carbonyl (C=O) groups excluding carboxylic acids is 1. The van der Waals surface area contributed by atoms with Gasteiger partial charge in [0.15, 0.2) is 0 Å². The number of hydrogen-bond acceptors (Lipinski definition) is 4. The number of nitrogens with zero attached hydrogens (tertiary/aromatic N) is 2. The summed E-state index contributed by atoms with van der Waals surface area (Å²) in [6.07, 6.45) is 5.47. The molecule has 5 nitrogen and oxygen atoms in total. The third-order valence-electron chi connectivity index (χ3n) is 5.58. The molecule has 1 N–H and O–H groups in total. The van der Waals surface area contributed by atoms with Gasteiger partial charge in [-0.05, 0) is 44.4 Å². The Hall–Kier alpha value is -2.54. The number of aryl methyl sites for hydroxylation is 2. The van der Waals surface area contributed by atoms with E-state index in [0.29, 0.717) is 16.0 Å². The number of rotatable bonds is 4. The average molecular weight is 414 g/mol. The van der Waals surface area contributed by atoms with Crippen LogP contribution in [0.2, 0.25) is 0 Å². The van der Waals surface area contributed by atoms with Gasteiger partial charge in [0.2, 0.25) is 5.91 Å². The van der Waals surface area contributed by atoms with Crippen LogP contribution < -0.4 is 10.9 Å². The number of aromatic nitrogens is 2. The van der Waals surface area contributed by atoms with Crippen molar-refractivity contribution >= 4 is 27.5 Å². The van der Waals surface area contributed by atoms with Crippen molar-refractivity contribution in [2.24, 2.45) is 0 Å². The molecule has 0 unspecified atom stereocenters. The average Bonchev–Trinajstić information content (AvgIpc) is 3.02. The molecule has 1 fully saturated rings.